The number of rotatable bonds is 3. The normalized spacial score (nSPS) is 22.2. The highest BCUT2D eigenvalue weighted by atomic mass is 15.3. The van der Waals surface area contributed by atoms with Crippen LogP contribution in [0.25, 0.3) is 0 Å². The van der Waals surface area contributed by atoms with Crippen molar-refractivity contribution in [2.24, 2.45) is 0 Å². The van der Waals surface area contributed by atoms with Crippen LogP contribution in [-0.2, 0) is 32.5 Å². The molecule has 3 aliphatic rings. The van der Waals surface area contributed by atoms with Crippen LogP contribution in [0.1, 0.15) is 28.9 Å². The van der Waals surface area contributed by atoms with Crippen LogP contribution in [0.15, 0.2) is 30.3 Å². The second kappa shape index (κ2) is 7.14. The fourth-order valence-electron chi connectivity index (χ4n) is 4.87. The fraction of sp³-hybridized carbons (Fsp3) is 0.571. The molecule has 1 aliphatic carbocycles. The van der Waals surface area contributed by atoms with E-state index in [0.717, 1.165) is 32.7 Å². The molecule has 1 N–H and O–H groups in total. The number of fused-ring (bicyclic) bond motifs is 2. The molecule has 5 heteroatoms. The molecule has 1 saturated heterocycles. The highest BCUT2D eigenvalue weighted by Crippen LogP contribution is 2.26. The standard InChI is InChI=1S/C21H29N5/c1-2-5-18-13-20(12-17(18)4-1)25-8-3-7-24(10-11-25)16-19-14-21-15-22-6-9-26(21)23-19/h1-2,4-5,14,20,22H,3,6-13,15-16H2. The van der Waals surface area contributed by atoms with Gasteiger partial charge in [0.25, 0.3) is 0 Å². The number of benzene rings is 1. The number of aromatic nitrogens is 2. The summed E-state index contributed by atoms with van der Waals surface area (Å²) < 4.78 is 2.19. The van der Waals surface area contributed by atoms with Crippen molar-refractivity contribution < 1.29 is 0 Å². The molecule has 0 atom stereocenters. The summed E-state index contributed by atoms with van der Waals surface area (Å²) in [5, 5.41) is 8.25. The Labute approximate surface area is 156 Å². The summed E-state index contributed by atoms with van der Waals surface area (Å²) in [4.78, 5) is 5.34. The van der Waals surface area contributed by atoms with Gasteiger partial charge in [-0.05, 0) is 49.5 Å². The zero-order valence-electron chi connectivity index (χ0n) is 15.5. The van der Waals surface area contributed by atoms with Crippen molar-refractivity contribution in [2.45, 2.75) is 44.9 Å². The molecule has 0 bridgehead atoms. The van der Waals surface area contributed by atoms with Crippen molar-refractivity contribution in [3.05, 3.63) is 52.8 Å². The van der Waals surface area contributed by atoms with E-state index in [9.17, 15) is 0 Å². The number of hydrogen-bond donors (Lipinski definition) is 1. The van der Waals surface area contributed by atoms with Crippen LogP contribution in [-0.4, -0.2) is 58.3 Å². The number of hydrogen-bond acceptors (Lipinski definition) is 4. The van der Waals surface area contributed by atoms with Gasteiger partial charge in [-0.1, -0.05) is 24.3 Å². The van der Waals surface area contributed by atoms with Crippen molar-refractivity contribution >= 4 is 0 Å². The van der Waals surface area contributed by atoms with E-state index < -0.39 is 0 Å². The van der Waals surface area contributed by atoms with E-state index in [1.807, 2.05) is 0 Å². The van der Waals surface area contributed by atoms with Gasteiger partial charge in [0.1, 0.15) is 0 Å². The molecule has 138 valence electrons. The third kappa shape index (κ3) is 3.31. The molecular formula is C21H29N5. The van der Waals surface area contributed by atoms with Crippen LogP contribution < -0.4 is 5.32 Å². The van der Waals surface area contributed by atoms with Gasteiger partial charge in [-0.3, -0.25) is 14.5 Å². The topological polar surface area (TPSA) is 36.3 Å². The first-order valence-corrected chi connectivity index (χ1v) is 10.1. The smallest absolute Gasteiger partial charge is 0.0768 e. The van der Waals surface area contributed by atoms with Gasteiger partial charge in [0.15, 0.2) is 0 Å². The summed E-state index contributed by atoms with van der Waals surface area (Å²) in [5.74, 6) is 0. The largest absolute Gasteiger partial charge is 0.309 e. The Hall–Kier alpha value is -1.69. The van der Waals surface area contributed by atoms with Crippen LogP contribution >= 0.6 is 0 Å². The van der Waals surface area contributed by atoms with Crippen LogP contribution in [0.3, 0.4) is 0 Å². The average Bonchev–Trinajstić information content (AvgIpc) is 3.20. The van der Waals surface area contributed by atoms with Gasteiger partial charge >= 0.3 is 0 Å². The highest BCUT2D eigenvalue weighted by Gasteiger charge is 2.28. The lowest BCUT2D eigenvalue weighted by molar-refractivity contribution is 0.200. The second-order valence-electron chi connectivity index (χ2n) is 8.02. The van der Waals surface area contributed by atoms with Gasteiger partial charge in [0.2, 0.25) is 0 Å². The zero-order chi connectivity index (χ0) is 17.3. The predicted octanol–water partition coefficient (Wildman–Crippen LogP) is 1.66. The Kier molecular flexibility index (Phi) is 4.53. The maximum Gasteiger partial charge on any atom is 0.0768 e. The monoisotopic (exact) mass is 351 g/mol. The minimum absolute atomic E-state index is 0.707. The number of nitrogens with zero attached hydrogens (tertiary/aromatic N) is 4. The summed E-state index contributed by atoms with van der Waals surface area (Å²) in [6.45, 7) is 8.78. The Morgan fingerprint density at radius 2 is 1.85 bits per heavy atom. The summed E-state index contributed by atoms with van der Waals surface area (Å²) in [6, 6.07) is 12.0. The first-order chi connectivity index (χ1) is 12.8. The lowest BCUT2D eigenvalue weighted by atomic mass is 10.1. The Morgan fingerprint density at radius 1 is 1.00 bits per heavy atom. The average molecular weight is 351 g/mol. The maximum absolute atomic E-state index is 4.82. The number of nitrogens with one attached hydrogen (secondary N) is 1. The summed E-state index contributed by atoms with van der Waals surface area (Å²) in [7, 11) is 0. The molecule has 5 rings (SSSR count). The van der Waals surface area contributed by atoms with Crippen LogP contribution in [0.5, 0.6) is 0 Å². The highest BCUT2D eigenvalue weighted by molar-refractivity contribution is 5.33. The molecule has 3 heterocycles. The van der Waals surface area contributed by atoms with Gasteiger partial charge in [-0.15, -0.1) is 0 Å². The molecule has 1 aromatic carbocycles. The lowest BCUT2D eigenvalue weighted by Gasteiger charge is -2.27. The van der Waals surface area contributed by atoms with Crippen molar-refractivity contribution in [2.75, 3.05) is 32.7 Å². The first kappa shape index (κ1) is 16.5. The fourth-order valence-corrected chi connectivity index (χ4v) is 4.87. The van der Waals surface area contributed by atoms with Gasteiger partial charge in [0.05, 0.1) is 17.9 Å². The van der Waals surface area contributed by atoms with Crippen LogP contribution in [0.4, 0.5) is 0 Å². The van der Waals surface area contributed by atoms with Gasteiger partial charge in [-0.2, -0.15) is 5.10 Å². The first-order valence-electron chi connectivity index (χ1n) is 10.1. The third-order valence-electron chi connectivity index (χ3n) is 6.27. The van der Waals surface area contributed by atoms with Crippen molar-refractivity contribution in [3.63, 3.8) is 0 Å². The van der Waals surface area contributed by atoms with E-state index in [-0.39, 0.29) is 0 Å². The van der Waals surface area contributed by atoms with Gasteiger partial charge < -0.3 is 5.32 Å². The molecule has 0 unspecified atom stereocenters. The van der Waals surface area contributed by atoms with Crippen LogP contribution in [0, 0.1) is 0 Å². The van der Waals surface area contributed by atoms with Crippen molar-refractivity contribution in [1.82, 2.24) is 24.9 Å². The molecule has 1 fully saturated rings. The van der Waals surface area contributed by atoms with Crippen molar-refractivity contribution in [1.29, 1.82) is 0 Å². The SMILES string of the molecule is c1ccc2c(c1)CC(N1CCCN(Cc3cc4n(n3)CCNC4)CC1)C2. The summed E-state index contributed by atoms with van der Waals surface area (Å²) >= 11 is 0. The molecular weight excluding hydrogens is 322 g/mol. The molecule has 0 radical (unpaired) electrons. The lowest BCUT2D eigenvalue weighted by Crippen LogP contribution is -2.38. The molecule has 0 amide bonds. The van der Waals surface area contributed by atoms with Gasteiger partial charge in [0, 0.05) is 38.8 Å². The Balaban J connectivity index is 1.19. The third-order valence-corrected chi connectivity index (χ3v) is 6.27. The molecule has 0 saturated carbocycles. The molecule has 0 spiro atoms. The predicted molar refractivity (Wildman–Crippen MR) is 103 cm³/mol. The van der Waals surface area contributed by atoms with E-state index in [4.69, 9.17) is 5.10 Å². The quantitative estimate of drug-likeness (QED) is 0.913. The summed E-state index contributed by atoms with van der Waals surface area (Å²) in [6.07, 6.45) is 3.73. The van der Waals surface area contributed by atoms with Gasteiger partial charge in [-0.25, -0.2) is 0 Å². The Morgan fingerprint density at radius 3 is 2.65 bits per heavy atom. The Bertz CT molecular complexity index is 719. The van der Waals surface area contributed by atoms with E-state index in [1.165, 1.54) is 50.3 Å². The minimum atomic E-state index is 0.707. The van der Waals surface area contributed by atoms with E-state index >= 15 is 0 Å². The molecule has 26 heavy (non-hydrogen) atoms. The maximum atomic E-state index is 4.82. The molecule has 5 nitrogen and oxygen atoms in total. The minimum Gasteiger partial charge on any atom is -0.309 e. The summed E-state index contributed by atoms with van der Waals surface area (Å²) in [5.41, 5.74) is 5.71. The van der Waals surface area contributed by atoms with E-state index in [1.54, 1.807) is 11.1 Å². The van der Waals surface area contributed by atoms with Crippen molar-refractivity contribution in [3.8, 4) is 0 Å². The van der Waals surface area contributed by atoms with Crippen LogP contribution in [0.2, 0.25) is 0 Å². The molecule has 1 aromatic heterocycles. The molecule has 2 aromatic rings. The zero-order valence-corrected chi connectivity index (χ0v) is 15.5. The van der Waals surface area contributed by atoms with E-state index in [0.29, 0.717) is 6.04 Å². The second-order valence-corrected chi connectivity index (χ2v) is 8.02. The molecule has 2 aliphatic heterocycles. The van der Waals surface area contributed by atoms with E-state index in [2.05, 4.69) is 50.1 Å².